The molecule has 99 heavy (non-hydrogen) atoms. The highest BCUT2D eigenvalue weighted by molar-refractivity contribution is 5.59. The van der Waals surface area contributed by atoms with E-state index in [0.717, 1.165) is 83.5 Å². The van der Waals surface area contributed by atoms with E-state index in [4.69, 9.17) is 56.8 Å². The number of fused-ring (bicyclic) bond motifs is 3. The van der Waals surface area contributed by atoms with Gasteiger partial charge in [0.15, 0.2) is 34.5 Å². The van der Waals surface area contributed by atoms with Crippen LogP contribution in [0.15, 0.2) is 273 Å². The molecule has 0 aliphatic heterocycles. The van der Waals surface area contributed by atoms with Gasteiger partial charge in [0.25, 0.3) is 0 Å². The van der Waals surface area contributed by atoms with E-state index < -0.39 is 0 Å². The minimum absolute atomic E-state index is 0.194. The van der Waals surface area contributed by atoms with Gasteiger partial charge >= 0.3 is 0 Å². The van der Waals surface area contributed by atoms with Crippen LogP contribution in [0.1, 0.15) is 83.5 Å². The Bertz CT molecular complexity index is 3940. The summed E-state index contributed by atoms with van der Waals surface area (Å²) in [5, 5.41) is 0. The molecule has 0 fully saturated rings. The first-order chi connectivity index (χ1) is 48.8. The zero-order valence-corrected chi connectivity index (χ0v) is 55.9. The molecule has 1 aliphatic rings. The van der Waals surface area contributed by atoms with Crippen molar-refractivity contribution < 1.29 is 56.8 Å². The molecule has 0 atom stereocenters. The minimum Gasteiger partial charge on any atom is -0.493 e. The van der Waals surface area contributed by atoms with Gasteiger partial charge in [0.1, 0.15) is 94.0 Å². The third-order valence-electron chi connectivity index (χ3n) is 17.1. The molecule has 498 valence electrons. The van der Waals surface area contributed by atoms with Gasteiger partial charge in [-0.25, -0.2) is 0 Å². The van der Waals surface area contributed by atoms with E-state index in [1.165, 1.54) is 0 Å². The van der Waals surface area contributed by atoms with Gasteiger partial charge < -0.3 is 56.8 Å². The SMILES string of the molecule is COc1cc2c(cc1OCc1cc(OCc3ccccc3)cc(OCc3ccccc3)c1)Cc1cc(OC)c(OCc3cc(OCc4ccccc4)cc(OCc4ccccc4)c3)cc1Cc1cc(OC)c(OCc3cc(OCc4ccccc4)cc(OCc4ccccc4)c3)cc1C2. The fraction of sp³-hybridized carbons (Fsp3) is 0.172. The zero-order chi connectivity index (χ0) is 67.4. The molecular formula is C87H78O12. The largest absolute Gasteiger partial charge is 0.493 e. The molecule has 1 aliphatic carbocycles. The Morgan fingerprint density at radius 1 is 0.182 bits per heavy atom. The first kappa shape index (κ1) is 65.9. The Kier molecular flexibility index (Phi) is 21.8. The molecule has 12 heteroatoms. The topological polar surface area (TPSA) is 111 Å². The van der Waals surface area contributed by atoms with Crippen LogP contribution in [0.25, 0.3) is 0 Å². The van der Waals surface area contributed by atoms with Gasteiger partial charge in [0.05, 0.1) is 21.3 Å². The summed E-state index contributed by atoms with van der Waals surface area (Å²) in [7, 11) is 5.03. The van der Waals surface area contributed by atoms with Crippen molar-refractivity contribution in [1.29, 1.82) is 0 Å². The van der Waals surface area contributed by atoms with Crippen LogP contribution in [0, 0.1) is 0 Å². The summed E-state index contributed by atoms with van der Waals surface area (Å²) in [6, 6.07) is 91.1. The van der Waals surface area contributed by atoms with Crippen LogP contribution >= 0.6 is 0 Å². The van der Waals surface area contributed by atoms with E-state index in [-0.39, 0.29) is 19.8 Å². The first-order valence-electron chi connectivity index (χ1n) is 33.2. The maximum Gasteiger partial charge on any atom is 0.161 e. The molecule has 12 aromatic rings. The molecule has 0 amide bonds. The van der Waals surface area contributed by atoms with Crippen molar-refractivity contribution in [1.82, 2.24) is 0 Å². The highest BCUT2D eigenvalue weighted by Gasteiger charge is 2.24. The number of ether oxygens (including phenoxy) is 12. The molecule has 0 saturated heterocycles. The maximum absolute atomic E-state index is 6.87. The Morgan fingerprint density at radius 3 is 0.535 bits per heavy atom. The fourth-order valence-electron chi connectivity index (χ4n) is 11.9. The Hall–Kier alpha value is -11.8. The summed E-state index contributed by atoms with van der Waals surface area (Å²) < 4.78 is 77.8. The van der Waals surface area contributed by atoms with Crippen molar-refractivity contribution in [3.05, 3.63) is 356 Å². The van der Waals surface area contributed by atoms with Crippen molar-refractivity contribution in [3.8, 4) is 69.0 Å². The molecule has 12 nitrogen and oxygen atoms in total. The van der Waals surface area contributed by atoms with Crippen LogP contribution in [0.4, 0.5) is 0 Å². The van der Waals surface area contributed by atoms with Gasteiger partial charge in [-0.05, 0) is 176 Å². The van der Waals surface area contributed by atoms with E-state index in [2.05, 4.69) is 36.4 Å². The summed E-state index contributed by atoms with van der Waals surface area (Å²) in [6.07, 6.45) is 1.57. The van der Waals surface area contributed by atoms with E-state index in [1.54, 1.807) is 21.3 Å². The van der Waals surface area contributed by atoms with E-state index in [1.807, 2.05) is 237 Å². The van der Waals surface area contributed by atoms with E-state index >= 15 is 0 Å². The van der Waals surface area contributed by atoms with Gasteiger partial charge in [0.2, 0.25) is 0 Å². The van der Waals surface area contributed by atoms with Crippen LogP contribution in [-0.2, 0) is 78.7 Å². The molecule has 0 N–H and O–H groups in total. The average molecular weight is 1320 g/mol. The van der Waals surface area contributed by atoms with Crippen LogP contribution in [0.2, 0.25) is 0 Å². The summed E-state index contributed by atoms with van der Waals surface area (Å²) >= 11 is 0. The highest BCUT2D eigenvalue weighted by atomic mass is 16.5. The van der Waals surface area contributed by atoms with Gasteiger partial charge in [-0.1, -0.05) is 182 Å². The monoisotopic (exact) mass is 1310 g/mol. The Morgan fingerprint density at radius 2 is 0.354 bits per heavy atom. The van der Waals surface area contributed by atoms with E-state index in [0.29, 0.717) is 128 Å². The number of hydrogen-bond acceptors (Lipinski definition) is 12. The zero-order valence-electron chi connectivity index (χ0n) is 55.9. The first-order valence-corrected chi connectivity index (χ1v) is 33.2. The van der Waals surface area contributed by atoms with Crippen molar-refractivity contribution >= 4 is 0 Å². The molecule has 0 spiro atoms. The minimum atomic E-state index is 0.194. The van der Waals surface area contributed by atoms with E-state index in [9.17, 15) is 0 Å². The molecule has 13 rings (SSSR count). The quantitative estimate of drug-likeness (QED) is 0.0427. The predicted molar refractivity (Wildman–Crippen MR) is 384 cm³/mol. The van der Waals surface area contributed by atoms with Crippen LogP contribution in [0.3, 0.4) is 0 Å². The summed E-state index contributed by atoms with van der Waals surface area (Å²) in [5.74, 6) is 7.46. The Labute approximate surface area is 579 Å². The number of methoxy groups -OCH3 is 3. The second kappa shape index (κ2) is 32.8. The van der Waals surface area contributed by atoms with Gasteiger partial charge in [-0.15, -0.1) is 0 Å². The van der Waals surface area contributed by atoms with Crippen LogP contribution < -0.4 is 56.8 Å². The fourth-order valence-corrected chi connectivity index (χ4v) is 11.9. The van der Waals surface area contributed by atoms with Crippen LogP contribution in [0.5, 0.6) is 69.0 Å². The summed E-state index contributed by atoms with van der Waals surface area (Å²) in [5.41, 5.74) is 15.1. The number of rotatable bonds is 30. The molecule has 12 aromatic carbocycles. The molecular weight excluding hydrogens is 1240 g/mol. The summed E-state index contributed by atoms with van der Waals surface area (Å²) in [4.78, 5) is 0. The smallest absolute Gasteiger partial charge is 0.161 e. The lowest BCUT2D eigenvalue weighted by Crippen LogP contribution is -2.05. The highest BCUT2D eigenvalue weighted by Crippen LogP contribution is 2.43. The number of hydrogen-bond donors (Lipinski definition) is 0. The predicted octanol–water partition coefficient (Wildman–Crippen LogP) is 19.0. The van der Waals surface area contributed by atoms with Gasteiger partial charge in [-0.3, -0.25) is 0 Å². The van der Waals surface area contributed by atoms with Crippen LogP contribution in [-0.4, -0.2) is 21.3 Å². The van der Waals surface area contributed by atoms with Crippen molar-refractivity contribution in [2.45, 2.75) is 78.7 Å². The van der Waals surface area contributed by atoms with Gasteiger partial charge in [-0.2, -0.15) is 0 Å². The second-order valence-electron chi connectivity index (χ2n) is 24.3. The average Bonchev–Trinajstić information content (AvgIpc) is 1.71. The van der Waals surface area contributed by atoms with Gasteiger partial charge in [0, 0.05) is 18.2 Å². The Balaban J connectivity index is 0.835. The molecule has 0 heterocycles. The number of benzene rings is 12. The van der Waals surface area contributed by atoms with Crippen molar-refractivity contribution in [2.24, 2.45) is 0 Å². The molecule has 0 saturated carbocycles. The normalized spacial score (nSPS) is 11.4. The third kappa shape index (κ3) is 18.2. The maximum atomic E-state index is 6.87. The lowest BCUT2D eigenvalue weighted by Gasteiger charge is -2.19. The molecule has 0 radical (unpaired) electrons. The van der Waals surface area contributed by atoms with Crippen molar-refractivity contribution in [2.75, 3.05) is 21.3 Å². The lowest BCUT2D eigenvalue weighted by molar-refractivity contribution is 0.274. The lowest BCUT2D eigenvalue weighted by atomic mass is 9.94. The molecule has 0 unspecified atom stereocenters. The molecule has 0 aromatic heterocycles. The van der Waals surface area contributed by atoms with Crippen molar-refractivity contribution in [3.63, 3.8) is 0 Å². The third-order valence-corrected chi connectivity index (χ3v) is 17.1. The second-order valence-corrected chi connectivity index (χ2v) is 24.3. The molecule has 0 bridgehead atoms. The summed E-state index contributed by atoms with van der Waals surface area (Å²) in [6.45, 7) is 2.92. The standard InChI is InChI=1S/C87H78O12/c1-88-82-43-70-40-74-47-86(98-59-68-36-78(93-54-63-26-14-6-15-27-63)50-79(37-68)94-55-64-28-16-7-17-29-64)84(90-3)45-72(74)42-75-48-87(99-60-69-38-80(95-56-65-30-18-8-19-31-65)51-81(39-69)96-57-66-32-20-9-21-33-66)83(89-2)44-71(75)41-73(70)46-85(82)97-58-67-34-76(91-52-61-22-10-4-11-23-61)49-77(35-67)92-53-62-24-12-5-13-25-62/h4-39,43-51H,40-42,52-60H2,1-3H3.